The first kappa shape index (κ1) is 22.5. The van der Waals surface area contributed by atoms with E-state index in [4.69, 9.17) is 0 Å². The quantitative estimate of drug-likeness (QED) is 0.775. The van der Waals surface area contributed by atoms with E-state index in [2.05, 4.69) is 4.98 Å². The van der Waals surface area contributed by atoms with Crippen LogP contribution in [-0.2, 0) is 24.6 Å². The summed E-state index contributed by atoms with van der Waals surface area (Å²) in [6.07, 6.45) is -1.85. The van der Waals surface area contributed by atoms with Gasteiger partial charge in [-0.2, -0.15) is 18.2 Å². The number of fused-ring (bicyclic) bond motifs is 1. The number of amides is 1. The average Bonchev–Trinajstić information content (AvgIpc) is 3.18. The van der Waals surface area contributed by atoms with E-state index in [0.29, 0.717) is 12.2 Å². The van der Waals surface area contributed by atoms with E-state index in [0.717, 1.165) is 43.4 Å². The van der Waals surface area contributed by atoms with Crippen LogP contribution in [0.1, 0.15) is 67.0 Å². The molecule has 1 unspecified atom stereocenters. The van der Waals surface area contributed by atoms with E-state index in [1.807, 2.05) is 0 Å². The first-order valence-electron chi connectivity index (χ1n) is 10.8. The molecule has 1 aromatic carbocycles. The predicted octanol–water partition coefficient (Wildman–Crippen LogP) is 3.50. The molecule has 0 radical (unpaired) electrons. The number of alkyl halides is 3. The molecular formula is C23H26F3N3O3. The first-order valence-corrected chi connectivity index (χ1v) is 10.8. The highest BCUT2D eigenvalue weighted by Gasteiger charge is 2.40. The molecule has 2 aromatic rings. The molecular weight excluding hydrogens is 423 g/mol. The molecule has 1 fully saturated rings. The van der Waals surface area contributed by atoms with E-state index >= 15 is 0 Å². The third-order valence-electron chi connectivity index (χ3n) is 6.66. The Balaban J connectivity index is 1.75. The first-order chi connectivity index (χ1) is 15.0. The van der Waals surface area contributed by atoms with Crippen molar-refractivity contribution in [1.29, 1.82) is 0 Å². The molecule has 172 valence electrons. The lowest BCUT2D eigenvalue weighted by atomic mass is 9.75. The number of carbonyl (C=O) groups is 1. The van der Waals surface area contributed by atoms with Crippen molar-refractivity contribution in [1.82, 2.24) is 14.5 Å². The van der Waals surface area contributed by atoms with Gasteiger partial charge in [-0.25, -0.2) is 0 Å². The lowest BCUT2D eigenvalue weighted by Crippen LogP contribution is -2.53. The third kappa shape index (κ3) is 3.94. The van der Waals surface area contributed by atoms with Gasteiger partial charge in [0.25, 0.3) is 11.5 Å². The Morgan fingerprint density at radius 1 is 1.16 bits per heavy atom. The van der Waals surface area contributed by atoms with Crippen LogP contribution >= 0.6 is 0 Å². The maximum absolute atomic E-state index is 13.0. The van der Waals surface area contributed by atoms with Crippen molar-refractivity contribution in [3.05, 3.63) is 63.3 Å². The summed E-state index contributed by atoms with van der Waals surface area (Å²) in [7, 11) is 0. The summed E-state index contributed by atoms with van der Waals surface area (Å²) in [6.45, 7) is 3.66. The highest BCUT2D eigenvalue weighted by molar-refractivity contribution is 5.93. The zero-order chi connectivity index (χ0) is 23.3. The van der Waals surface area contributed by atoms with Gasteiger partial charge in [0.1, 0.15) is 17.7 Å². The van der Waals surface area contributed by atoms with Crippen LogP contribution in [0.3, 0.4) is 0 Å². The van der Waals surface area contributed by atoms with Gasteiger partial charge in [-0.15, -0.1) is 0 Å². The molecule has 1 amide bonds. The SMILES string of the molecule is CC(C)N1C(=O)c2cc(=O)nc(CC3(c4ccc(C(F)(F)F)cc4)CCCC3)n2CC1O. The van der Waals surface area contributed by atoms with Crippen molar-refractivity contribution in [2.24, 2.45) is 0 Å². The summed E-state index contributed by atoms with van der Waals surface area (Å²) in [4.78, 5) is 30.8. The van der Waals surface area contributed by atoms with Crippen LogP contribution in [-0.4, -0.2) is 37.7 Å². The predicted molar refractivity (Wildman–Crippen MR) is 111 cm³/mol. The summed E-state index contributed by atoms with van der Waals surface area (Å²) in [5.41, 5.74) is -0.778. The molecule has 4 rings (SSSR count). The smallest absolute Gasteiger partial charge is 0.372 e. The summed E-state index contributed by atoms with van der Waals surface area (Å²) < 4.78 is 40.7. The van der Waals surface area contributed by atoms with Gasteiger partial charge in [0.15, 0.2) is 0 Å². The largest absolute Gasteiger partial charge is 0.416 e. The van der Waals surface area contributed by atoms with Gasteiger partial charge in [-0.05, 0) is 44.4 Å². The van der Waals surface area contributed by atoms with E-state index in [1.54, 1.807) is 18.4 Å². The average molecular weight is 449 g/mol. The molecule has 1 saturated carbocycles. The molecule has 9 heteroatoms. The number of rotatable bonds is 4. The topological polar surface area (TPSA) is 75.4 Å². The number of benzene rings is 1. The number of halogens is 3. The minimum Gasteiger partial charge on any atom is -0.372 e. The number of hydrogen-bond acceptors (Lipinski definition) is 4. The van der Waals surface area contributed by atoms with Gasteiger partial charge in [0.2, 0.25) is 0 Å². The molecule has 32 heavy (non-hydrogen) atoms. The molecule has 1 aliphatic heterocycles. The number of carbonyl (C=O) groups excluding carboxylic acids is 1. The monoisotopic (exact) mass is 449 g/mol. The van der Waals surface area contributed by atoms with Crippen molar-refractivity contribution in [3.63, 3.8) is 0 Å². The lowest BCUT2D eigenvalue weighted by molar-refractivity contribution is -0.137. The Hall–Kier alpha value is -2.68. The second-order valence-corrected chi connectivity index (χ2v) is 9.03. The van der Waals surface area contributed by atoms with Crippen LogP contribution in [0.15, 0.2) is 35.1 Å². The van der Waals surface area contributed by atoms with Crippen LogP contribution in [0.2, 0.25) is 0 Å². The van der Waals surface area contributed by atoms with Crippen molar-refractivity contribution in [3.8, 4) is 0 Å². The second-order valence-electron chi connectivity index (χ2n) is 9.03. The minimum absolute atomic E-state index is 0.0883. The molecule has 1 aliphatic carbocycles. The molecule has 1 atom stereocenters. The molecule has 0 spiro atoms. The fourth-order valence-electron chi connectivity index (χ4n) is 5.10. The maximum Gasteiger partial charge on any atom is 0.416 e. The Kier molecular flexibility index (Phi) is 5.65. The van der Waals surface area contributed by atoms with Gasteiger partial charge < -0.3 is 14.6 Å². The Morgan fingerprint density at radius 2 is 1.78 bits per heavy atom. The molecule has 2 heterocycles. The summed E-state index contributed by atoms with van der Waals surface area (Å²) in [5.74, 6) is -0.0559. The van der Waals surface area contributed by atoms with Crippen LogP contribution in [0.4, 0.5) is 13.2 Å². The number of aromatic nitrogens is 2. The van der Waals surface area contributed by atoms with Crippen molar-refractivity contribution in [2.75, 3.05) is 0 Å². The normalized spacial score (nSPS) is 20.7. The second kappa shape index (κ2) is 8.03. The van der Waals surface area contributed by atoms with Gasteiger partial charge in [-0.3, -0.25) is 9.59 Å². The molecule has 1 N–H and O–H groups in total. The van der Waals surface area contributed by atoms with Gasteiger partial charge in [0, 0.05) is 23.9 Å². The van der Waals surface area contributed by atoms with E-state index in [-0.39, 0.29) is 18.3 Å². The number of hydrogen-bond donors (Lipinski definition) is 1. The van der Waals surface area contributed by atoms with Crippen LogP contribution < -0.4 is 5.56 Å². The van der Waals surface area contributed by atoms with E-state index in [9.17, 15) is 27.9 Å². The third-order valence-corrected chi connectivity index (χ3v) is 6.66. The van der Waals surface area contributed by atoms with E-state index < -0.39 is 34.8 Å². The summed E-state index contributed by atoms with van der Waals surface area (Å²) in [6, 6.07) is 6.13. The van der Waals surface area contributed by atoms with Gasteiger partial charge >= 0.3 is 6.18 Å². The Bertz CT molecular complexity index is 1070. The van der Waals surface area contributed by atoms with Gasteiger partial charge in [-0.1, -0.05) is 25.0 Å². The van der Waals surface area contributed by atoms with E-state index in [1.165, 1.54) is 23.1 Å². The summed E-state index contributed by atoms with van der Waals surface area (Å²) >= 11 is 0. The maximum atomic E-state index is 13.0. The number of aliphatic hydroxyl groups excluding tert-OH is 1. The fourth-order valence-corrected chi connectivity index (χ4v) is 5.10. The molecule has 1 aromatic heterocycles. The fraction of sp³-hybridized carbons (Fsp3) is 0.522. The number of nitrogens with zero attached hydrogens (tertiary/aromatic N) is 3. The highest BCUT2D eigenvalue weighted by atomic mass is 19.4. The van der Waals surface area contributed by atoms with Crippen molar-refractivity contribution >= 4 is 5.91 Å². The lowest BCUT2D eigenvalue weighted by Gasteiger charge is -2.38. The van der Waals surface area contributed by atoms with Crippen LogP contribution in [0.25, 0.3) is 0 Å². The molecule has 0 saturated heterocycles. The van der Waals surface area contributed by atoms with Crippen molar-refractivity contribution in [2.45, 2.75) is 76.4 Å². The van der Waals surface area contributed by atoms with Crippen LogP contribution in [0, 0.1) is 0 Å². The van der Waals surface area contributed by atoms with Crippen LogP contribution in [0.5, 0.6) is 0 Å². The zero-order valence-electron chi connectivity index (χ0n) is 18.0. The standard InChI is InChI=1S/C23H26F3N3O3/c1-14(2)29-20(31)13-28-17(21(29)32)11-19(30)27-18(28)12-22(9-3-4-10-22)15-5-7-16(8-6-15)23(24,25)26/h5-8,11,14,20,31H,3-4,9-10,12-13H2,1-2H3. The minimum atomic E-state index is -4.41. The molecule has 2 aliphatic rings. The molecule has 6 nitrogen and oxygen atoms in total. The Morgan fingerprint density at radius 3 is 2.34 bits per heavy atom. The zero-order valence-corrected chi connectivity index (χ0v) is 18.0. The highest BCUT2D eigenvalue weighted by Crippen LogP contribution is 2.44. The van der Waals surface area contributed by atoms with Crippen molar-refractivity contribution < 1.29 is 23.1 Å². The summed E-state index contributed by atoms with van der Waals surface area (Å²) in [5, 5.41) is 10.6. The molecule has 0 bridgehead atoms. The number of aliphatic hydroxyl groups is 1. The van der Waals surface area contributed by atoms with Gasteiger partial charge in [0.05, 0.1) is 12.1 Å². The Labute approximate surface area is 183 Å².